The van der Waals surface area contributed by atoms with Gasteiger partial charge in [0, 0.05) is 17.8 Å². The maximum atomic E-state index is 13.1. The SMILES string of the molecule is CCOc1ccc([C@@H]2CCCN2C(=O)c2ccc(NC(=O)c3cccs3)cc2)cc1. The number of carbonyl (C=O) groups is 2. The molecule has 6 heteroatoms. The largest absolute Gasteiger partial charge is 0.494 e. The molecule has 0 unspecified atom stereocenters. The van der Waals surface area contributed by atoms with Gasteiger partial charge in [-0.2, -0.15) is 0 Å². The molecule has 1 aliphatic rings. The van der Waals surface area contributed by atoms with Gasteiger partial charge in [-0.15, -0.1) is 11.3 Å². The highest BCUT2D eigenvalue weighted by molar-refractivity contribution is 7.12. The molecule has 2 heterocycles. The third kappa shape index (κ3) is 4.39. The van der Waals surface area contributed by atoms with Crippen molar-refractivity contribution in [3.8, 4) is 5.75 Å². The molecule has 3 aromatic rings. The van der Waals surface area contributed by atoms with Gasteiger partial charge in [-0.1, -0.05) is 18.2 Å². The predicted molar refractivity (Wildman–Crippen MR) is 119 cm³/mol. The highest BCUT2D eigenvalue weighted by atomic mass is 32.1. The summed E-state index contributed by atoms with van der Waals surface area (Å²) in [5.41, 5.74) is 2.43. The van der Waals surface area contributed by atoms with E-state index in [1.54, 1.807) is 30.3 Å². The van der Waals surface area contributed by atoms with Gasteiger partial charge in [0.05, 0.1) is 17.5 Å². The molecule has 2 amide bonds. The average Bonchev–Trinajstić information content (AvgIpc) is 3.47. The number of nitrogens with zero attached hydrogens (tertiary/aromatic N) is 1. The number of rotatable bonds is 6. The second kappa shape index (κ2) is 9.13. The van der Waals surface area contributed by atoms with E-state index in [1.807, 2.05) is 47.5 Å². The van der Waals surface area contributed by atoms with Crippen molar-refractivity contribution in [2.75, 3.05) is 18.5 Å². The van der Waals surface area contributed by atoms with Gasteiger partial charge in [0.25, 0.3) is 11.8 Å². The van der Waals surface area contributed by atoms with Gasteiger partial charge in [-0.25, -0.2) is 0 Å². The second-order valence-corrected chi connectivity index (χ2v) is 8.12. The zero-order valence-corrected chi connectivity index (χ0v) is 17.7. The summed E-state index contributed by atoms with van der Waals surface area (Å²) in [6.07, 6.45) is 1.94. The van der Waals surface area contributed by atoms with E-state index in [1.165, 1.54) is 11.3 Å². The fraction of sp³-hybridized carbons (Fsp3) is 0.250. The Kier molecular flexibility index (Phi) is 6.14. The Morgan fingerprint density at radius 2 is 1.87 bits per heavy atom. The molecule has 1 atom stereocenters. The fourth-order valence-corrected chi connectivity index (χ4v) is 4.39. The molecule has 1 aromatic heterocycles. The third-order valence-corrected chi connectivity index (χ3v) is 6.09. The summed E-state index contributed by atoms with van der Waals surface area (Å²) in [7, 11) is 0. The highest BCUT2D eigenvalue weighted by Gasteiger charge is 2.30. The molecular weight excluding hydrogens is 396 g/mol. The summed E-state index contributed by atoms with van der Waals surface area (Å²) >= 11 is 1.40. The van der Waals surface area contributed by atoms with Crippen LogP contribution in [0.2, 0.25) is 0 Å². The van der Waals surface area contributed by atoms with E-state index in [0.717, 1.165) is 30.7 Å². The van der Waals surface area contributed by atoms with Crippen molar-refractivity contribution in [1.82, 2.24) is 4.90 Å². The van der Waals surface area contributed by atoms with Crippen LogP contribution in [-0.4, -0.2) is 29.9 Å². The van der Waals surface area contributed by atoms with Crippen LogP contribution in [0.4, 0.5) is 5.69 Å². The van der Waals surface area contributed by atoms with Crippen LogP contribution < -0.4 is 10.1 Å². The number of amides is 2. The molecule has 4 rings (SSSR count). The lowest BCUT2D eigenvalue weighted by atomic mass is 10.0. The van der Waals surface area contributed by atoms with Crippen LogP contribution in [0.25, 0.3) is 0 Å². The molecule has 1 N–H and O–H groups in total. The number of carbonyl (C=O) groups excluding carboxylic acids is 2. The number of thiophene rings is 1. The number of likely N-dealkylation sites (tertiary alicyclic amines) is 1. The summed E-state index contributed by atoms with van der Waals surface area (Å²) in [5.74, 6) is 0.721. The normalized spacial score (nSPS) is 15.8. The highest BCUT2D eigenvalue weighted by Crippen LogP contribution is 2.34. The molecule has 1 fully saturated rings. The first-order valence-corrected chi connectivity index (χ1v) is 11.0. The van der Waals surface area contributed by atoms with Crippen LogP contribution in [0.1, 0.15) is 51.4 Å². The summed E-state index contributed by atoms with van der Waals surface area (Å²) < 4.78 is 5.52. The van der Waals surface area contributed by atoms with Crippen molar-refractivity contribution in [3.05, 3.63) is 82.0 Å². The number of anilines is 1. The van der Waals surface area contributed by atoms with Gasteiger partial charge in [0.15, 0.2) is 0 Å². The second-order valence-electron chi connectivity index (χ2n) is 7.17. The molecular formula is C24H24N2O3S. The van der Waals surface area contributed by atoms with Crippen molar-refractivity contribution >= 4 is 28.8 Å². The number of nitrogens with one attached hydrogen (secondary N) is 1. The van der Waals surface area contributed by atoms with Crippen molar-refractivity contribution in [2.24, 2.45) is 0 Å². The standard InChI is InChI=1S/C24H24N2O3S/c1-2-29-20-13-9-17(10-14-20)21-5-3-15-26(21)24(28)18-7-11-19(12-8-18)25-23(27)22-6-4-16-30-22/h4,6-14,16,21H,2-3,5,15H2,1H3,(H,25,27)/t21-/m0/s1. The molecule has 0 aliphatic carbocycles. The predicted octanol–water partition coefficient (Wildman–Crippen LogP) is 5.38. The first-order valence-electron chi connectivity index (χ1n) is 10.1. The van der Waals surface area contributed by atoms with E-state index in [0.29, 0.717) is 22.7 Å². The van der Waals surface area contributed by atoms with Gasteiger partial charge in [0.1, 0.15) is 5.75 Å². The maximum absolute atomic E-state index is 13.1. The summed E-state index contributed by atoms with van der Waals surface area (Å²) in [6.45, 7) is 3.34. The summed E-state index contributed by atoms with van der Waals surface area (Å²) in [4.78, 5) is 27.9. The lowest BCUT2D eigenvalue weighted by molar-refractivity contribution is 0.0735. The minimum Gasteiger partial charge on any atom is -0.494 e. The lowest BCUT2D eigenvalue weighted by Crippen LogP contribution is -2.30. The molecule has 0 bridgehead atoms. The first kappa shape index (κ1) is 20.2. The maximum Gasteiger partial charge on any atom is 0.265 e. The van der Waals surface area contributed by atoms with Crippen LogP contribution in [-0.2, 0) is 0 Å². The smallest absolute Gasteiger partial charge is 0.265 e. The Morgan fingerprint density at radius 3 is 2.53 bits per heavy atom. The Bertz CT molecular complexity index is 998. The Hall–Kier alpha value is -3.12. The van der Waals surface area contributed by atoms with Gasteiger partial charge in [-0.3, -0.25) is 9.59 Å². The number of benzene rings is 2. The third-order valence-electron chi connectivity index (χ3n) is 5.22. The van der Waals surface area contributed by atoms with Gasteiger partial charge < -0.3 is 15.0 Å². The number of ether oxygens (including phenoxy) is 1. The quantitative estimate of drug-likeness (QED) is 0.583. The lowest BCUT2D eigenvalue weighted by Gasteiger charge is -2.25. The molecule has 154 valence electrons. The van der Waals surface area contributed by atoms with Crippen LogP contribution in [0.5, 0.6) is 5.75 Å². The van der Waals surface area contributed by atoms with E-state index < -0.39 is 0 Å². The van der Waals surface area contributed by atoms with Crippen molar-refractivity contribution in [3.63, 3.8) is 0 Å². The zero-order valence-electron chi connectivity index (χ0n) is 16.8. The van der Waals surface area contributed by atoms with E-state index in [9.17, 15) is 9.59 Å². The topological polar surface area (TPSA) is 58.6 Å². The number of hydrogen-bond donors (Lipinski definition) is 1. The van der Waals surface area contributed by atoms with E-state index in [4.69, 9.17) is 4.74 Å². The molecule has 0 spiro atoms. The monoisotopic (exact) mass is 420 g/mol. The van der Waals surface area contributed by atoms with Crippen molar-refractivity contribution in [2.45, 2.75) is 25.8 Å². The minimum absolute atomic E-state index is 0.0162. The van der Waals surface area contributed by atoms with Crippen molar-refractivity contribution in [1.29, 1.82) is 0 Å². The van der Waals surface area contributed by atoms with Crippen LogP contribution in [0.15, 0.2) is 66.0 Å². The average molecular weight is 421 g/mol. The molecule has 1 aliphatic heterocycles. The molecule has 0 saturated carbocycles. The van der Waals surface area contributed by atoms with E-state index in [-0.39, 0.29) is 17.9 Å². The van der Waals surface area contributed by atoms with Gasteiger partial charge >= 0.3 is 0 Å². The van der Waals surface area contributed by atoms with Gasteiger partial charge in [-0.05, 0) is 73.2 Å². The fourth-order valence-electron chi connectivity index (χ4n) is 3.77. The number of hydrogen-bond acceptors (Lipinski definition) is 4. The molecule has 2 aromatic carbocycles. The van der Waals surface area contributed by atoms with Gasteiger partial charge in [0.2, 0.25) is 0 Å². The Labute approximate surface area is 180 Å². The molecule has 0 radical (unpaired) electrons. The van der Waals surface area contributed by atoms with Crippen molar-refractivity contribution < 1.29 is 14.3 Å². The Morgan fingerprint density at radius 1 is 1.10 bits per heavy atom. The van der Waals surface area contributed by atoms with E-state index >= 15 is 0 Å². The molecule has 1 saturated heterocycles. The Balaban J connectivity index is 1.44. The first-order chi connectivity index (χ1) is 14.7. The molecule has 5 nitrogen and oxygen atoms in total. The van der Waals surface area contributed by atoms with Crippen LogP contribution >= 0.6 is 11.3 Å². The van der Waals surface area contributed by atoms with Crippen LogP contribution in [0, 0.1) is 0 Å². The summed E-state index contributed by atoms with van der Waals surface area (Å²) in [5, 5.41) is 4.73. The molecule has 30 heavy (non-hydrogen) atoms. The van der Waals surface area contributed by atoms with Crippen LogP contribution in [0.3, 0.4) is 0 Å². The zero-order chi connectivity index (χ0) is 20.9. The minimum atomic E-state index is -0.140. The summed E-state index contributed by atoms with van der Waals surface area (Å²) in [6, 6.07) is 18.8. The van der Waals surface area contributed by atoms with E-state index in [2.05, 4.69) is 5.32 Å².